The molecule has 0 aromatic rings. The summed E-state index contributed by atoms with van der Waals surface area (Å²) in [4.78, 5) is 0. The van der Waals surface area contributed by atoms with E-state index in [2.05, 4.69) is 45.9 Å². The summed E-state index contributed by atoms with van der Waals surface area (Å²) in [6.45, 7) is 9.75. The number of hydrogen-bond donors (Lipinski definition) is 0. The molecule has 0 atom stereocenters. The van der Waals surface area contributed by atoms with Gasteiger partial charge < -0.3 is 9.41 Å². The summed E-state index contributed by atoms with van der Waals surface area (Å²) < 4.78 is 3.67. The van der Waals surface area contributed by atoms with E-state index >= 15 is 0 Å². The third-order valence-corrected chi connectivity index (χ3v) is 10.1. The van der Waals surface area contributed by atoms with Crippen LogP contribution >= 0.6 is 0 Å². The molecule has 3 aliphatic rings. The maximum absolute atomic E-state index is 2.48. The zero-order chi connectivity index (χ0) is 14.3. The Labute approximate surface area is 145 Å². The van der Waals surface area contributed by atoms with Gasteiger partial charge in [0.15, 0.2) is 0 Å². The summed E-state index contributed by atoms with van der Waals surface area (Å²) in [5, 5.41) is 0. The molecule has 3 rings (SSSR count). The normalized spacial score (nSPS) is 23.4. The molecule has 120 valence electrons. The van der Waals surface area contributed by atoms with E-state index in [9.17, 15) is 0 Å². The van der Waals surface area contributed by atoms with Crippen molar-refractivity contribution >= 4 is 0 Å². The molecular formula is C19H26F2Zr. The van der Waals surface area contributed by atoms with Crippen LogP contribution in [0.5, 0.6) is 0 Å². The molecule has 3 heteroatoms. The second-order valence-corrected chi connectivity index (χ2v) is 10.5. The summed E-state index contributed by atoms with van der Waals surface area (Å²) in [5.41, 5.74) is 5.48. The molecule has 0 radical (unpaired) electrons. The zero-order valence-electron chi connectivity index (χ0n) is 14.1. The van der Waals surface area contributed by atoms with Crippen molar-refractivity contribution in [3.63, 3.8) is 0 Å². The smallest absolute Gasteiger partial charge is 1.00 e. The molecule has 0 aromatic heterocycles. The van der Waals surface area contributed by atoms with Gasteiger partial charge in [-0.25, -0.2) is 0 Å². The zero-order valence-corrected chi connectivity index (χ0v) is 16.6. The van der Waals surface area contributed by atoms with Gasteiger partial charge >= 0.3 is 136 Å². The van der Waals surface area contributed by atoms with Gasteiger partial charge in [0.05, 0.1) is 0 Å². The summed E-state index contributed by atoms with van der Waals surface area (Å²) in [6.07, 6.45) is 14.0. The van der Waals surface area contributed by atoms with Crippen molar-refractivity contribution in [1.29, 1.82) is 0 Å². The van der Waals surface area contributed by atoms with Crippen LogP contribution in [0.1, 0.15) is 59.8 Å². The number of hydrogen-bond acceptors (Lipinski definition) is 0. The molecular weight excluding hydrogens is 357 g/mol. The Balaban J connectivity index is 0.00000121. The largest absolute Gasteiger partial charge is 1.00 e. The van der Waals surface area contributed by atoms with Crippen molar-refractivity contribution in [3.05, 3.63) is 41.5 Å². The number of halogens is 2. The minimum Gasteiger partial charge on any atom is -1.00 e. The topological polar surface area (TPSA) is 0 Å². The summed E-state index contributed by atoms with van der Waals surface area (Å²) in [7, 11) is 0. The van der Waals surface area contributed by atoms with Crippen LogP contribution in [0.25, 0.3) is 0 Å². The molecule has 0 spiro atoms. The van der Waals surface area contributed by atoms with Crippen LogP contribution in [-0.4, -0.2) is 0 Å². The van der Waals surface area contributed by atoms with Gasteiger partial charge in [-0.2, -0.15) is 0 Å². The van der Waals surface area contributed by atoms with E-state index < -0.39 is 23.2 Å². The maximum Gasteiger partial charge on any atom is -1.00 e. The van der Waals surface area contributed by atoms with Crippen LogP contribution in [0.3, 0.4) is 0 Å². The standard InChI is InChI=1S/C14H21.C5H5.2FH.Zr/c1-10-11(2)14(3,4)9-13(10)12-7-5-6-8-12;1-2-4-5-3-1;;;/h12H,5-8H2,1-4H3;1-3H,4H2;2*1H;/q;;;;+2/p-2. The Bertz CT molecular complexity index is 544. The maximum atomic E-state index is 2.48. The van der Waals surface area contributed by atoms with Crippen LogP contribution in [0.2, 0.25) is 0 Å². The van der Waals surface area contributed by atoms with Crippen molar-refractivity contribution in [2.45, 2.75) is 59.8 Å². The van der Waals surface area contributed by atoms with Gasteiger partial charge in [0.25, 0.3) is 0 Å². The molecule has 3 aliphatic carbocycles. The van der Waals surface area contributed by atoms with Crippen molar-refractivity contribution in [2.75, 3.05) is 0 Å². The van der Waals surface area contributed by atoms with E-state index in [-0.39, 0.29) is 9.41 Å². The van der Waals surface area contributed by atoms with Gasteiger partial charge in [-0.3, -0.25) is 0 Å². The fourth-order valence-corrected chi connectivity index (χ4v) is 8.33. The van der Waals surface area contributed by atoms with Crippen LogP contribution in [0, 0.1) is 11.3 Å². The van der Waals surface area contributed by atoms with Gasteiger partial charge in [-0.05, 0) is 0 Å². The van der Waals surface area contributed by atoms with E-state index in [1.807, 2.05) is 8.85 Å². The Morgan fingerprint density at radius 1 is 1.09 bits per heavy atom. The van der Waals surface area contributed by atoms with Crippen molar-refractivity contribution < 1.29 is 32.6 Å². The van der Waals surface area contributed by atoms with Crippen LogP contribution in [0.15, 0.2) is 41.5 Å². The first-order chi connectivity index (χ1) is 9.51. The predicted octanol–water partition coefficient (Wildman–Crippen LogP) is -0.259. The Kier molecular flexibility index (Phi) is 6.75. The second kappa shape index (κ2) is 7.51. The van der Waals surface area contributed by atoms with E-state index in [1.54, 1.807) is 14.4 Å². The fourth-order valence-electron chi connectivity index (χ4n) is 4.03. The molecule has 1 saturated carbocycles. The Hall–Kier alpha value is -0.297. The predicted molar refractivity (Wildman–Crippen MR) is 83.0 cm³/mol. The SMILES string of the molecule is CC1=C(C)C(C)(C)[C]([Zr+2][C]2=CC=CC2)=C1C1CCCC1.[F-].[F-]. The van der Waals surface area contributed by atoms with Crippen molar-refractivity contribution in [3.8, 4) is 0 Å². The monoisotopic (exact) mass is 382 g/mol. The van der Waals surface area contributed by atoms with Crippen LogP contribution in [0.4, 0.5) is 0 Å². The first-order valence-corrected chi connectivity index (χ1v) is 10.5. The molecule has 0 saturated heterocycles. The number of rotatable bonds is 3. The molecule has 0 N–H and O–H groups in total. The molecule has 1 fully saturated rings. The first-order valence-electron chi connectivity index (χ1n) is 8.07. The van der Waals surface area contributed by atoms with Gasteiger partial charge in [-0.15, -0.1) is 0 Å². The number of allylic oxidation sites excluding steroid dienone is 8. The molecule has 0 unspecified atom stereocenters. The third kappa shape index (κ3) is 3.30. The van der Waals surface area contributed by atoms with Gasteiger partial charge in [0.2, 0.25) is 0 Å². The van der Waals surface area contributed by atoms with Gasteiger partial charge in [0, 0.05) is 0 Å². The third-order valence-electron chi connectivity index (χ3n) is 5.62. The summed E-state index contributed by atoms with van der Waals surface area (Å²) in [5.74, 6) is 0.887. The molecule has 0 heterocycles. The van der Waals surface area contributed by atoms with E-state index in [0.717, 1.165) is 5.92 Å². The molecule has 0 nitrogen and oxygen atoms in total. The van der Waals surface area contributed by atoms with Crippen LogP contribution < -0.4 is 9.41 Å². The van der Waals surface area contributed by atoms with Gasteiger partial charge in [-0.1, -0.05) is 0 Å². The van der Waals surface area contributed by atoms with Crippen LogP contribution in [-0.2, 0) is 23.2 Å². The molecule has 0 aromatic carbocycles. The average molecular weight is 384 g/mol. The van der Waals surface area contributed by atoms with Crippen molar-refractivity contribution in [2.24, 2.45) is 11.3 Å². The molecule has 0 bridgehead atoms. The summed E-state index contributed by atoms with van der Waals surface area (Å²) >= 11 is -0.571. The fraction of sp³-hybridized carbons (Fsp3) is 0.579. The second-order valence-electron chi connectivity index (χ2n) is 7.09. The molecule has 0 amide bonds. The van der Waals surface area contributed by atoms with E-state index in [0.29, 0.717) is 5.41 Å². The molecule has 22 heavy (non-hydrogen) atoms. The van der Waals surface area contributed by atoms with E-state index in [4.69, 9.17) is 0 Å². The Morgan fingerprint density at radius 3 is 2.27 bits per heavy atom. The summed E-state index contributed by atoms with van der Waals surface area (Å²) in [6, 6.07) is 0. The van der Waals surface area contributed by atoms with Gasteiger partial charge in [0.1, 0.15) is 0 Å². The van der Waals surface area contributed by atoms with E-state index in [1.165, 1.54) is 32.1 Å². The average Bonchev–Trinajstić information content (AvgIpc) is 3.11. The molecule has 0 aliphatic heterocycles. The minimum absolute atomic E-state index is 0. The Morgan fingerprint density at radius 2 is 1.73 bits per heavy atom. The minimum atomic E-state index is -0.571. The van der Waals surface area contributed by atoms with Crippen molar-refractivity contribution in [1.82, 2.24) is 0 Å². The quantitative estimate of drug-likeness (QED) is 0.630. The first kappa shape index (κ1) is 19.7.